The molecule has 2 aromatic rings. The molecule has 1 aliphatic carbocycles. The van der Waals surface area contributed by atoms with Crippen molar-refractivity contribution in [3.8, 4) is 5.69 Å². The van der Waals surface area contributed by atoms with Crippen LogP contribution in [0.2, 0.25) is 0 Å². The molecule has 1 aliphatic rings. The number of carbonyl (C=O) groups is 1. The van der Waals surface area contributed by atoms with Crippen LogP contribution in [0.1, 0.15) is 39.5 Å². The smallest absolute Gasteiger partial charge is 0.233 e. The first-order chi connectivity index (χ1) is 12.0. The van der Waals surface area contributed by atoms with Gasteiger partial charge in [0.1, 0.15) is 0 Å². The Labute approximate surface area is 162 Å². The zero-order valence-corrected chi connectivity index (χ0v) is 16.9. The number of rotatable bonds is 5. The monoisotopic (exact) mass is 393 g/mol. The molecule has 7 heteroatoms. The molecule has 4 nitrogen and oxygen atoms in total. The molecule has 1 saturated carbocycles. The normalized spacial score (nSPS) is 21.7. The van der Waals surface area contributed by atoms with Crippen LogP contribution in [0.25, 0.3) is 5.69 Å². The summed E-state index contributed by atoms with van der Waals surface area (Å²) in [7, 11) is 0. The van der Waals surface area contributed by atoms with E-state index >= 15 is 0 Å². The third-order valence-electron chi connectivity index (χ3n) is 4.62. The highest BCUT2D eigenvalue weighted by atomic mass is 32.2. The summed E-state index contributed by atoms with van der Waals surface area (Å²) >= 11 is 8.35. The Kier molecular flexibility index (Phi) is 6.30. The topological polar surface area (TPSA) is 46.9 Å². The van der Waals surface area contributed by atoms with E-state index in [0.29, 0.717) is 15.9 Å². The first kappa shape index (κ1) is 18.6. The lowest BCUT2D eigenvalue weighted by molar-refractivity contribution is -0.121. The minimum absolute atomic E-state index is 0.0936. The van der Waals surface area contributed by atoms with Gasteiger partial charge in [-0.15, -0.1) is 5.10 Å². The summed E-state index contributed by atoms with van der Waals surface area (Å²) in [6, 6.07) is 10.2. The lowest BCUT2D eigenvalue weighted by Crippen LogP contribution is -2.44. The van der Waals surface area contributed by atoms with Crippen molar-refractivity contribution in [1.82, 2.24) is 15.1 Å². The Morgan fingerprint density at radius 3 is 2.80 bits per heavy atom. The van der Waals surface area contributed by atoms with Gasteiger partial charge in [-0.05, 0) is 50.0 Å². The number of hydrogen-bond donors (Lipinski definition) is 1. The predicted molar refractivity (Wildman–Crippen MR) is 107 cm³/mol. The molecule has 0 radical (unpaired) electrons. The maximum absolute atomic E-state index is 12.5. The van der Waals surface area contributed by atoms with Gasteiger partial charge in [0.2, 0.25) is 5.91 Å². The second kappa shape index (κ2) is 8.47. The third kappa shape index (κ3) is 4.71. The lowest BCUT2D eigenvalue weighted by Gasteiger charge is -2.30. The standard InChI is InChI=1S/C18H23N3OS3/c1-12-8-6-7-11-15(12)19-16(22)13(2)24-17-20-21(18(23)25-17)14-9-4-3-5-10-14/h3-5,9-10,12-13,15H,6-8,11H2,1-2H3,(H,19,22). The number of carbonyl (C=O) groups excluding carboxylic acids is 1. The van der Waals surface area contributed by atoms with E-state index in [1.54, 1.807) is 4.68 Å². The summed E-state index contributed by atoms with van der Waals surface area (Å²) in [5.41, 5.74) is 0.948. The molecule has 0 spiro atoms. The summed E-state index contributed by atoms with van der Waals surface area (Å²) in [5, 5.41) is 7.62. The molecule has 3 rings (SSSR count). The van der Waals surface area contributed by atoms with Gasteiger partial charge in [0.05, 0.1) is 10.9 Å². The van der Waals surface area contributed by atoms with Crippen molar-refractivity contribution in [3.05, 3.63) is 34.3 Å². The van der Waals surface area contributed by atoms with Gasteiger partial charge in [-0.1, -0.05) is 61.1 Å². The van der Waals surface area contributed by atoms with Crippen LogP contribution in [0, 0.1) is 9.87 Å². The van der Waals surface area contributed by atoms with Crippen LogP contribution in [-0.2, 0) is 4.79 Å². The van der Waals surface area contributed by atoms with Crippen LogP contribution in [0.15, 0.2) is 34.7 Å². The number of thioether (sulfide) groups is 1. The summed E-state index contributed by atoms with van der Waals surface area (Å²) in [6.07, 6.45) is 4.78. The van der Waals surface area contributed by atoms with Crippen LogP contribution >= 0.6 is 35.3 Å². The van der Waals surface area contributed by atoms with Crippen molar-refractivity contribution >= 4 is 41.2 Å². The van der Waals surface area contributed by atoms with Gasteiger partial charge in [0.25, 0.3) is 0 Å². The van der Waals surface area contributed by atoms with Crippen LogP contribution in [0.3, 0.4) is 0 Å². The van der Waals surface area contributed by atoms with E-state index in [4.69, 9.17) is 12.2 Å². The Bertz CT molecular complexity index is 771. The van der Waals surface area contributed by atoms with E-state index in [1.807, 2.05) is 37.3 Å². The highest BCUT2D eigenvalue weighted by Crippen LogP contribution is 2.29. The van der Waals surface area contributed by atoms with E-state index < -0.39 is 0 Å². The summed E-state index contributed by atoms with van der Waals surface area (Å²) in [4.78, 5) is 12.5. The van der Waals surface area contributed by atoms with Crippen LogP contribution in [0.5, 0.6) is 0 Å². The molecular weight excluding hydrogens is 370 g/mol. The highest BCUT2D eigenvalue weighted by molar-refractivity contribution is 8.02. The molecule has 1 aromatic heterocycles. The molecule has 134 valence electrons. The number of aromatic nitrogens is 2. The maximum Gasteiger partial charge on any atom is 0.233 e. The fourth-order valence-electron chi connectivity index (χ4n) is 3.08. The van der Waals surface area contributed by atoms with Crippen molar-refractivity contribution in [3.63, 3.8) is 0 Å². The Morgan fingerprint density at radius 1 is 1.36 bits per heavy atom. The lowest BCUT2D eigenvalue weighted by atomic mass is 9.86. The van der Waals surface area contributed by atoms with Gasteiger partial charge in [-0.25, -0.2) is 4.68 Å². The zero-order chi connectivity index (χ0) is 17.8. The second-order valence-electron chi connectivity index (χ2n) is 6.52. The first-order valence-corrected chi connectivity index (χ1v) is 10.8. The van der Waals surface area contributed by atoms with Crippen LogP contribution in [-0.4, -0.2) is 27.0 Å². The van der Waals surface area contributed by atoms with Crippen molar-refractivity contribution in [2.45, 2.75) is 55.2 Å². The van der Waals surface area contributed by atoms with Gasteiger partial charge in [-0.2, -0.15) is 0 Å². The molecular formula is C18H23N3OS3. The Balaban J connectivity index is 1.64. The maximum atomic E-state index is 12.5. The summed E-state index contributed by atoms with van der Waals surface area (Å²) in [5.74, 6) is 0.658. The SMILES string of the molecule is CC(Sc1nn(-c2ccccc2)c(=S)s1)C(=O)NC1CCCCC1C. The molecule has 3 atom stereocenters. The number of nitrogens with zero attached hydrogens (tertiary/aromatic N) is 2. The van der Waals surface area contributed by atoms with Gasteiger partial charge in [-0.3, -0.25) is 4.79 Å². The van der Waals surface area contributed by atoms with E-state index in [9.17, 15) is 4.79 Å². The van der Waals surface area contributed by atoms with Gasteiger partial charge in [0, 0.05) is 6.04 Å². The van der Waals surface area contributed by atoms with Crippen LogP contribution in [0.4, 0.5) is 0 Å². The van der Waals surface area contributed by atoms with Crippen molar-refractivity contribution in [2.75, 3.05) is 0 Å². The molecule has 0 bridgehead atoms. The Morgan fingerprint density at radius 2 is 2.08 bits per heavy atom. The van der Waals surface area contributed by atoms with E-state index in [0.717, 1.165) is 16.4 Å². The molecule has 25 heavy (non-hydrogen) atoms. The molecule has 3 unspecified atom stereocenters. The number of hydrogen-bond acceptors (Lipinski definition) is 5. The highest BCUT2D eigenvalue weighted by Gasteiger charge is 2.25. The number of amides is 1. The van der Waals surface area contributed by atoms with E-state index in [-0.39, 0.29) is 11.2 Å². The van der Waals surface area contributed by atoms with Crippen molar-refractivity contribution < 1.29 is 4.79 Å². The first-order valence-electron chi connectivity index (χ1n) is 8.67. The summed E-state index contributed by atoms with van der Waals surface area (Å²) < 4.78 is 3.28. The van der Waals surface area contributed by atoms with E-state index in [2.05, 4.69) is 17.3 Å². The molecule has 1 heterocycles. The quantitative estimate of drug-likeness (QED) is 0.583. The fraction of sp³-hybridized carbons (Fsp3) is 0.500. The minimum atomic E-state index is -0.182. The predicted octanol–water partition coefficient (Wildman–Crippen LogP) is 4.84. The van der Waals surface area contributed by atoms with Crippen molar-refractivity contribution in [1.29, 1.82) is 0 Å². The Hall–Kier alpha value is -1.18. The second-order valence-corrected chi connectivity index (χ2v) is 9.73. The minimum Gasteiger partial charge on any atom is -0.352 e. The third-order valence-corrected chi connectivity index (χ3v) is 7.03. The number of nitrogens with one attached hydrogen (secondary N) is 1. The van der Waals surface area contributed by atoms with Gasteiger partial charge in [0.15, 0.2) is 8.29 Å². The molecule has 1 fully saturated rings. The van der Waals surface area contributed by atoms with Gasteiger partial charge < -0.3 is 5.32 Å². The molecule has 0 aliphatic heterocycles. The zero-order valence-electron chi connectivity index (χ0n) is 14.5. The van der Waals surface area contributed by atoms with E-state index in [1.165, 1.54) is 42.4 Å². The molecule has 1 aromatic carbocycles. The number of benzene rings is 1. The van der Waals surface area contributed by atoms with Crippen molar-refractivity contribution in [2.24, 2.45) is 5.92 Å². The molecule has 1 N–H and O–H groups in total. The average molecular weight is 394 g/mol. The molecule has 0 saturated heterocycles. The largest absolute Gasteiger partial charge is 0.352 e. The van der Waals surface area contributed by atoms with Crippen LogP contribution < -0.4 is 5.32 Å². The number of para-hydroxylation sites is 1. The molecule has 1 amide bonds. The van der Waals surface area contributed by atoms with Gasteiger partial charge >= 0.3 is 0 Å². The average Bonchev–Trinajstić information content (AvgIpc) is 2.98. The fourth-order valence-corrected chi connectivity index (χ4v) is 5.59. The summed E-state index contributed by atoms with van der Waals surface area (Å²) in [6.45, 7) is 4.17.